The van der Waals surface area contributed by atoms with Crippen LogP contribution in [0, 0.1) is 0 Å². The minimum absolute atomic E-state index is 0.214. The van der Waals surface area contributed by atoms with Gasteiger partial charge in [-0.05, 0) is 53.4 Å². The largest absolute Gasteiger partial charge is 0.384 e. The molecule has 0 atom stereocenters. The SMILES string of the molecule is c1ccc(C(CNc2nc(-c3ccc4c(c3)CCN4)nc3ccccc23)c2ccccc2)cc1. The van der Waals surface area contributed by atoms with Crippen LogP contribution >= 0.6 is 0 Å². The number of benzene rings is 4. The first-order valence-electron chi connectivity index (χ1n) is 11.8. The molecule has 0 saturated heterocycles. The van der Waals surface area contributed by atoms with Gasteiger partial charge in [0.15, 0.2) is 5.82 Å². The van der Waals surface area contributed by atoms with Gasteiger partial charge in [-0.2, -0.15) is 0 Å². The smallest absolute Gasteiger partial charge is 0.162 e. The number of para-hydroxylation sites is 1. The van der Waals surface area contributed by atoms with E-state index < -0.39 is 0 Å². The van der Waals surface area contributed by atoms with Crippen molar-refractivity contribution in [3.05, 3.63) is 120 Å². The number of hydrogen-bond donors (Lipinski definition) is 2. The lowest BCUT2D eigenvalue weighted by Crippen LogP contribution is -2.15. The summed E-state index contributed by atoms with van der Waals surface area (Å²) >= 11 is 0. The molecule has 0 aliphatic carbocycles. The zero-order valence-electron chi connectivity index (χ0n) is 18.9. The van der Waals surface area contributed by atoms with E-state index in [9.17, 15) is 0 Å². The predicted octanol–water partition coefficient (Wildman–Crippen LogP) is 6.51. The average Bonchev–Trinajstić information content (AvgIpc) is 3.38. The molecule has 1 aliphatic rings. The first kappa shape index (κ1) is 20.4. The molecular weight excluding hydrogens is 416 g/mol. The molecule has 0 bridgehead atoms. The minimum Gasteiger partial charge on any atom is -0.384 e. The third kappa shape index (κ3) is 3.99. The second-order valence-electron chi connectivity index (χ2n) is 8.72. The number of aromatic nitrogens is 2. The Morgan fingerprint density at radius 3 is 2.24 bits per heavy atom. The van der Waals surface area contributed by atoms with Gasteiger partial charge in [-0.25, -0.2) is 9.97 Å². The highest BCUT2D eigenvalue weighted by Crippen LogP contribution is 2.31. The zero-order chi connectivity index (χ0) is 22.7. The number of nitrogens with zero attached hydrogens (tertiary/aromatic N) is 2. The Bertz CT molecular complexity index is 1390. The third-order valence-corrected chi connectivity index (χ3v) is 6.55. The fraction of sp³-hybridized carbons (Fsp3) is 0.133. The molecule has 6 rings (SSSR count). The number of anilines is 2. The summed E-state index contributed by atoms with van der Waals surface area (Å²) in [6, 6.07) is 36.0. The lowest BCUT2D eigenvalue weighted by molar-refractivity contribution is 0.849. The first-order valence-corrected chi connectivity index (χ1v) is 11.8. The fourth-order valence-electron chi connectivity index (χ4n) is 4.78. The van der Waals surface area contributed by atoms with E-state index in [4.69, 9.17) is 9.97 Å². The van der Waals surface area contributed by atoms with E-state index in [-0.39, 0.29) is 5.92 Å². The molecule has 34 heavy (non-hydrogen) atoms. The van der Waals surface area contributed by atoms with E-state index in [2.05, 4.69) is 102 Å². The lowest BCUT2D eigenvalue weighted by atomic mass is 9.91. The third-order valence-electron chi connectivity index (χ3n) is 6.55. The monoisotopic (exact) mass is 442 g/mol. The summed E-state index contributed by atoms with van der Waals surface area (Å²) in [7, 11) is 0. The maximum atomic E-state index is 5.01. The average molecular weight is 443 g/mol. The summed E-state index contributed by atoms with van der Waals surface area (Å²) in [4.78, 5) is 9.92. The quantitative estimate of drug-likeness (QED) is 0.315. The molecule has 2 N–H and O–H groups in total. The van der Waals surface area contributed by atoms with Crippen LogP contribution in [0.2, 0.25) is 0 Å². The van der Waals surface area contributed by atoms with Gasteiger partial charge in [0.1, 0.15) is 5.82 Å². The molecule has 4 heteroatoms. The molecule has 0 saturated carbocycles. The van der Waals surface area contributed by atoms with Gasteiger partial charge in [0.05, 0.1) is 5.52 Å². The highest BCUT2D eigenvalue weighted by Gasteiger charge is 2.17. The van der Waals surface area contributed by atoms with Gasteiger partial charge in [0, 0.05) is 35.6 Å². The predicted molar refractivity (Wildman–Crippen MR) is 140 cm³/mol. The molecule has 2 heterocycles. The van der Waals surface area contributed by atoms with Crippen molar-refractivity contribution >= 4 is 22.4 Å². The summed E-state index contributed by atoms with van der Waals surface area (Å²) in [5.74, 6) is 1.84. The molecule has 4 nitrogen and oxygen atoms in total. The molecule has 5 aromatic rings. The second kappa shape index (κ2) is 8.99. The molecule has 0 unspecified atom stereocenters. The van der Waals surface area contributed by atoms with Crippen molar-refractivity contribution in [1.29, 1.82) is 0 Å². The van der Waals surface area contributed by atoms with Crippen LogP contribution < -0.4 is 10.6 Å². The molecular formula is C30H26N4. The van der Waals surface area contributed by atoms with E-state index >= 15 is 0 Å². The van der Waals surface area contributed by atoms with Gasteiger partial charge in [-0.1, -0.05) is 72.8 Å². The summed E-state index contributed by atoms with van der Waals surface area (Å²) < 4.78 is 0. The van der Waals surface area contributed by atoms with Crippen molar-refractivity contribution in [3.8, 4) is 11.4 Å². The van der Waals surface area contributed by atoms with Gasteiger partial charge in [0.25, 0.3) is 0 Å². The summed E-state index contributed by atoms with van der Waals surface area (Å²) in [6.07, 6.45) is 1.04. The maximum Gasteiger partial charge on any atom is 0.162 e. The van der Waals surface area contributed by atoms with Gasteiger partial charge in [0.2, 0.25) is 0 Å². The van der Waals surface area contributed by atoms with Crippen molar-refractivity contribution in [3.63, 3.8) is 0 Å². The molecule has 0 spiro atoms. The first-order chi connectivity index (χ1) is 16.8. The highest BCUT2D eigenvalue weighted by molar-refractivity contribution is 5.90. The molecule has 1 aromatic heterocycles. The van der Waals surface area contributed by atoms with E-state index in [1.807, 2.05) is 12.1 Å². The standard InChI is InChI=1S/C30H26N4/c1-3-9-21(10-4-1)26(22-11-5-2-6-12-22)20-32-30-25-13-7-8-14-28(25)33-29(34-30)24-15-16-27-23(19-24)17-18-31-27/h1-16,19,26,31H,17-18,20H2,(H,32,33,34). The maximum absolute atomic E-state index is 5.01. The Labute approximate surface area is 199 Å². The van der Waals surface area contributed by atoms with Crippen LogP contribution in [-0.2, 0) is 6.42 Å². The molecule has 0 amide bonds. The highest BCUT2D eigenvalue weighted by atomic mass is 15.0. The van der Waals surface area contributed by atoms with Crippen molar-refractivity contribution in [2.75, 3.05) is 23.7 Å². The van der Waals surface area contributed by atoms with E-state index in [0.29, 0.717) is 0 Å². The number of hydrogen-bond acceptors (Lipinski definition) is 4. The van der Waals surface area contributed by atoms with Crippen molar-refractivity contribution in [2.45, 2.75) is 12.3 Å². The Hall–Kier alpha value is -4.18. The molecule has 0 fully saturated rings. The van der Waals surface area contributed by atoms with Crippen LogP contribution in [0.3, 0.4) is 0 Å². The van der Waals surface area contributed by atoms with Crippen LogP contribution in [0.25, 0.3) is 22.3 Å². The zero-order valence-corrected chi connectivity index (χ0v) is 18.9. The Balaban J connectivity index is 1.38. The van der Waals surface area contributed by atoms with Gasteiger partial charge >= 0.3 is 0 Å². The molecule has 4 aromatic carbocycles. The van der Waals surface area contributed by atoms with Crippen LogP contribution in [0.5, 0.6) is 0 Å². The Morgan fingerprint density at radius 1 is 0.765 bits per heavy atom. The fourth-order valence-corrected chi connectivity index (χ4v) is 4.78. The van der Waals surface area contributed by atoms with Crippen LogP contribution in [0.1, 0.15) is 22.6 Å². The van der Waals surface area contributed by atoms with Crippen LogP contribution in [0.4, 0.5) is 11.5 Å². The van der Waals surface area contributed by atoms with Crippen LogP contribution in [0.15, 0.2) is 103 Å². The Kier molecular flexibility index (Phi) is 5.40. The summed E-state index contributed by atoms with van der Waals surface area (Å²) in [6.45, 7) is 1.73. The van der Waals surface area contributed by atoms with E-state index in [1.54, 1.807) is 0 Å². The molecule has 166 valence electrons. The number of rotatable bonds is 6. The minimum atomic E-state index is 0.214. The Morgan fingerprint density at radius 2 is 1.47 bits per heavy atom. The van der Waals surface area contributed by atoms with E-state index in [1.165, 1.54) is 22.4 Å². The van der Waals surface area contributed by atoms with Gasteiger partial charge < -0.3 is 10.6 Å². The van der Waals surface area contributed by atoms with Crippen LogP contribution in [-0.4, -0.2) is 23.1 Å². The number of fused-ring (bicyclic) bond motifs is 2. The molecule has 1 aliphatic heterocycles. The van der Waals surface area contributed by atoms with Crippen molar-refractivity contribution < 1.29 is 0 Å². The second-order valence-corrected chi connectivity index (χ2v) is 8.72. The lowest BCUT2D eigenvalue weighted by Gasteiger charge is -2.20. The van der Waals surface area contributed by atoms with Gasteiger partial charge in [-0.15, -0.1) is 0 Å². The number of nitrogens with one attached hydrogen (secondary N) is 2. The van der Waals surface area contributed by atoms with Gasteiger partial charge in [-0.3, -0.25) is 0 Å². The normalized spacial score (nSPS) is 12.5. The van der Waals surface area contributed by atoms with Crippen molar-refractivity contribution in [2.24, 2.45) is 0 Å². The summed E-state index contributed by atoms with van der Waals surface area (Å²) in [5, 5.41) is 8.15. The topological polar surface area (TPSA) is 49.8 Å². The van der Waals surface area contributed by atoms with Crippen molar-refractivity contribution in [1.82, 2.24) is 9.97 Å². The van der Waals surface area contributed by atoms with E-state index in [0.717, 1.165) is 47.6 Å². The molecule has 0 radical (unpaired) electrons. The summed E-state index contributed by atoms with van der Waals surface area (Å²) in [5.41, 5.74) is 7.12.